The number of benzene rings is 2. The maximum atomic E-state index is 12.8. The molecule has 4 atom stereocenters. The van der Waals surface area contributed by atoms with Crippen LogP contribution in [0, 0.1) is 11.8 Å². The third kappa shape index (κ3) is 5.50. The first-order valence-corrected chi connectivity index (χ1v) is 12.5. The van der Waals surface area contributed by atoms with Gasteiger partial charge in [0.2, 0.25) is 5.91 Å². The molecule has 0 spiro atoms. The quantitative estimate of drug-likeness (QED) is 0.510. The van der Waals surface area contributed by atoms with Gasteiger partial charge in [-0.3, -0.25) is 4.79 Å². The molecule has 0 heterocycles. The Morgan fingerprint density at radius 1 is 1.03 bits per heavy atom. The summed E-state index contributed by atoms with van der Waals surface area (Å²) in [5.74, 6) is -1.76. The van der Waals surface area contributed by atoms with Crippen LogP contribution in [-0.2, 0) is 14.3 Å². The molecule has 1 saturated carbocycles. The Hall–Kier alpha value is -3.35. The lowest BCUT2D eigenvalue weighted by Gasteiger charge is -2.30. The average molecular weight is 479 g/mol. The molecule has 2 aromatic rings. The van der Waals surface area contributed by atoms with Crippen LogP contribution >= 0.6 is 0 Å². The first-order chi connectivity index (χ1) is 16.9. The second-order valence-corrected chi connectivity index (χ2v) is 9.74. The van der Waals surface area contributed by atoms with Crippen LogP contribution in [-0.4, -0.2) is 41.8 Å². The van der Waals surface area contributed by atoms with E-state index in [1.807, 2.05) is 38.1 Å². The first-order valence-electron chi connectivity index (χ1n) is 12.5. The van der Waals surface area contributed by atoms with Gasteiger partial charge in [0, 0.05) is 17.9 Å². The molecule has 0 saturated heterocycles. The molecule has 0 radical (unpaired) electrons. The van der Waals surface area contributed by atoms with Crippen molar-refractivity contribution in [2.24, 2.45) is 11.8 Å². The van der Waals surface area contributed by atoms with Gasteiger partial charge in [-0.2, -0.15) is 0 Å². The fraction of sp³-hybridized carbons (Fsp3) is 0.464. The number of fused-ring (bicyclic) bond motifs is 3. The van der Waals surface area contributed by atoms with Crippen molar-refractivity contribution in [3.05, 3.63) is 59.7 Å². The summed E-state index contributed by atoms with van der Waals surface area (Å²) < 4.78 is 5.65. The van der Waals surface area contributed by atoms with Gasteiger partial charge in [-0.15, -0.1) is 0 Å². The Kier molecular flexibility index (Phi) is 7.73. The van der Waals surface area contributed by atoms with Crippen LogP contribution in [0.25, 0.3) is 11.1 Å². The first kappa shape index (κ1) is 24.8. The van der Waals surface area contributed by atoms with Crippen LogP contribution in [0.1, 0.15) is 63.0 Å². The van der Waals surface area contributed by atoms with Crippen LogP contribution in [0.3, 0.4) is 0 Å². The molecule has 2 aliphatic rings. The van der Waals surface area contributed by atoms with Crippen LogP contribution in [0.4, 0.5) is 4.79 Å². The minimum atomic E-state index is -1.02. The Balaban J connectivity index is 1.32. The van der Waals surface area contributed by atoms with Crippen molar-refractivity contribution >= 4 is 18.0 Å². The molecule has 186 valence electrons. The summed E-state index contributed by atoms with van der Waals surface area (Å²) in [5.41, 5.74) is 4.67. The maximum Gasteiger partial charge on any atom is 0.407 e. The number of nitrogens with one attached hydrogen (secondary N) is 2. The van der Waals surface area contributed by atoms with E-state index < -0.39 is 18.1 Å². The summed E-state index contributed by atoms with van der Waals surface area (Å²) in [5, 5.41) is 15.1. The van der Waals surface area contributed by atoms with Gasteiger partial charge in [0.1, 0.15) is 12.6 Å². The number of carbonyl (C=O) groups excluding carboxylic acids is 2. The Morgan fingerprint density at radius 2 is 1.66 bits per heavy atom. The lowest BCUT2D eigenvalue weighted by molar-refractivity contribution is -0.144. The van der Waals surface area contributed by atoms with E-state index in [2.05, 4.69) is 34.9 Å². The second kappa shape index (κ2) is 10.9. The number of rotatable bonds is 8. The molecular formula is C28H34N2O5. The lowest BCUT2D eigenvalue weighted by atomic mass is 9.84. The number of hydrogen-bond acceptors (Lipinski definition) is 4. The van der Waals surface area contributed by atoms with Crippen molar-refractivity contribution in [2.45, 2.75) is 64.0 Å². The fourth-order valence-electron chi connectivity index (χ4n) is 5.32. The van der Waals surface area contributed by atoms with Crippen molar-refractivity contribution in [3.8, 4) is 11.1 Å². The third-order valence-electron chi connectivity index (χ3n) is 7.49. The van der Waals surface area contributed by atoms with Gasteiger partial charge >= 0.3 is 12.1 Å². The molecule has 0 bridgehead atoms. The number of carboxylic acids is 1. The van der Waals surface area contributed by atoms with Crippen molar-refractivity contribution in [3.63, 3.8) is 0 Å². The zero-order valence-corrected chi connectivity index (χ0v) is 20.3. The van der Waals surface area contributed by atoms with E-state index in [1.165, 1.54) is 11.1 Å². The molecule has 0 aliphatic heterocycles. The minimum absolute atomic E-state index is 0.00783. The summed E-state index contributed by atoms with van der Waals surface area (Å²) in [6.45, 7) is 3.97. The number of alkyl carbamates (subject to hydrolysis) is 1. The molecule has 3 N–H and O–H groups in total. The van der Waals surface area contributed by atoms with E-state index in [-0.39, 0.29) is 36.3 Å². The molecule has 0 aromatic heterocycles. The molecule has 35 heavy (non-hydrogen) atoms. The van der Waals surface area contributed by atoms with Gasteiger partial charge in [0.05, 0.1) is 0 Å². The SMILES string of the molecule is CC[C@H](C)[C@H](NC(=O)[C@@H]1CCC[C@H](NC(=O)OCC2c3ccccc3-c3ccccc32)C1)C(=O)O. The standard InChI is InChI=1S/C28H34N2O5/c1-3-17(2)25(27(32)33)30-26(31)18-9-8-10-19(15-18)29-28(34)35-16-24-22-13-6-4-11-20(22)21-12-5-7-14-23(21)24/h4-7,11-14,17-19,24-25H,3,8-10,15-16H2,1-2H3,(H,29,34)(H,30,31)(H,32,33)/t17-,18+,19-,25-/m0/s1. The highest BCUT2D eigenvalue weighted by molar-refractivity contribution is 5.85. The molecule has 1 fully saturated rings. The maximum absolute atomic E-state index is 12.8. The van der Waals surface area contributed by atoms with E-state index in [4.69, 9.17) is 4.74 Å². The number of carboxylic acid groups (broad SMARTS) is 1. The van der Waals surface area contributed by atoms with Crippen molar-refractivity contribution in [1.82, 2.24) is 10.6 Å². The number of ether oxygens (including phenoxy) is 1. The zero-order valence-electron chi connectivity index (χ0n) is 20.3. The number of aliphatic carboxylic acids is 1. The van der Waals surface area contributed by atoms with Gasteiger partial charge in [0.15, 0.2) is 0 Å². The van der Waals surface area contributed by atoms with Crippen LogP contribution < -0.4 is 10.6 Å². The Bertz CT molecular complexity index is 1040. The van der Waals surface area contributed by atoms with E-state index in [0.717, 1.165) is 24.0 Å². The summed E-state index contributed by atoms with van der Waals surface area (Å²) in [4.78, 5) is 37.0. The molecule has 4 rings (SSSR count). The average Bonchev–Trinajstić information content (AvgIpc) is 3.19. The van der Waals surface area contributed by atoms with Gasteiger partial charge < -0.3 is 20.5 Å². The summed E-state index contributed by atoms with van der Waals surface area (Å²) in [6.07, 6.45) is 2.88. The molecule has 2 aromatic carbocycles. The van der Waals surface area contributed by atoms with Crippen molar-refractivity contribution < 1.29 is 24.2 Å². The van der Waals surface area contributed by atoms with E-state index in [1.54, 1.807) is 0 Å². The van der Waals surface area contributed by atoms with Crippen LogP contribution in [0.5, 0.6) is 0 Å². The van der Waals surface area contributed by atoms with Crippen LogP contribution in [0.2, 0.25) is 0 Å². The highest BCUT2D eigenvalue weighted by Crippen LogP contribution is 2.44. The number of carbonyl (C=O) groups is 3. The largest absolute Gasteiger partial charge is 0.480 e. The number of hydrogen-bond donors (Lipinski definition) is 3. The third-order valence-corrected chi connectivity index (χ3v) is 7.49. The molecule has 2 aliphatic carbocycles. The highest BCUT2D eigenvalue weighted by atomic mass is 16.5. The Labute approximate surface area is 206 Å². The van der Waals surface area contributed by atoms with Gasteiger partial charge in [-0.05, 0) is 47.4 Å². The minimum Gasteiger partial charge on any atom is -0.480 e. The van der Waals surface area contributed by atoms with Crippen molar-refractivity contribution in [2.75, 3.05) is 6.61 Å². The predicted molar refractivity (Wildman–Crippen MR) is 133 cm³/mol. The topological polar surface area (TPSA) is 105 Å². The summed E-state index contributed by atoms with van der Waals surface area (Å²) in [7, 11) is 0. The zero-order chi connectivity index (χ0) is 24.9. The molecule has 7 nitrogen and oxygen atoms in total. The summed E-state index contributed by atoms with van der Waals surface area (Å²) in [6, 6.07) is 15.3. The molecule has 2 amide bonds. The van der Waals surface area contributed by atoms with Crippen LogP contribution in [0.15, 0.2) is 48.5 Å². The number of amides is 2. The highest BCUT2D eigenvalue weighted by Gasteiger charge is 2.33. The van der Waals surface area contributed by atoms with Gasteiger partial charge in [-0.25, -0.2) is 9.59 Å². The van der Waals surface area contributed by atoms with E-state index in [9.17, 15) is 19.5 Å². The second-order valence-electron chi connectivity index (χ2n) is 9.74. The smallest absolute Gasteiger partial charge is 0.407 e. The lowest BCUT2D eigenvalue weighted by Crippen LogP contribution is -2.49. The van der Waals surface area contributed by atoms with E-state index in [0.29, 0.717) is 19.3 Å². The van der Waals surface area contributed by atoms with E-state index >= 15 is 0 Å². The monoisotopic (exact) mass is 478 g/mol. The van der Waals surface area contributed by atoms with Gasteiger partial charge in [0.25, 0.3) is 0 Å². The summed E-state index contributed by atoms with van der Waals surface area (Å²) >= 11 is 0. The fourth-order valence-corrected chi connectivity index (χ4v) is 5.32. The Morgan fingerprint density at radius 3 is 2.26 bits per heavy atom. The molecular weight excluding hydrogens is 444 g/mol. The van der Waals surface area contributed by atoms with Gasteiger partial charge in [-0.1, -0.05) is 75.2 Å². The normalized spacial score (nSPS) is 20.7. The van der Waals surface area contributed by atoms with Crippen molar-refractivity contribution in [1.29, 1.82) is 0 Å². The molecule has 0 unspecified atom stereocenters. The predicted octanol–water partition coefficient (Wildman–Crippen LogP) is 4.70. The molecule has 7 heteroatoms.